The molecule has 1 saturated heterocycles. The van der Waals surface area contributed by atoms with Gasteiger partial charge in [-0.2, -0.15) is 0 Å². The Hall–Kier alpha value is -0.0500. The van der Waals surface area contributed by atoms with E-state index in [4.69, 9.17) is 16.3 Å². The fraction of sp³-hybridized carbons (Fsp3) is 0.714. The molecular weight excluding hydrogens is 150 g/mol. The fourth-order valence-electron chi connectivity index (χ4n) is 0.697. The highest BCUT2D eigenvalue weighted by Gasteiger charge is 2.16. The van der Waals surface area contributed by atoms with E-state index in [0.717, 1.165) is 25.3 Å². The summed E-state index contributed by atoms with van der Waals surface area (Å²) >= 11 is 5.46. The van der Waals surface area contributed by atoms with E-state index in [-0.39, 0.29) is 0 Å². The molecule has 1 heterocycles. The van der Waals surface area contributed by atoms with Crippen molar-refractivity contribution >= 4 is 11.6 Å². The summed E-state index contributed by atoms with van der Waals surface area (Å²) in [6.45, 7) is 4.56. The van der Waals surface area contributed by atoms with Crippen LogP contribution >= 0.6 is 11.6 Å². The van der Waals surface area contributed by atoms with E-state index in [1.54, 1.807) is 5.54 Å². The summed E-state index contributed by atoms with van der Waals surface area (Å²) in [4.78, 5) is 0. The van der Waals surface area contributed by atoms with Gasteiger partial charge in [-0.3, -0.25) is 0 Å². The Kier molecular flexibility index (Phi) is 3.19. The first-order chi connectivity index (χ1) is 4.83. The predicted octanol–water partition coefficient (Wildman–Crippen LogP) is 1.12. The van der Waals surface area contributed by atoms with Gasteiger partial charge in [0.05, 0.1) is 19.3 Å². The molecule has 58 valence electrons. The summed E-state index contributed by atoms with van der Waals surface area (Å²) in [5.74, 6) is 0. The van der Waals surface area contributed by atoms with Gasteiger partial charge in [0.2, 0.25) is 0 Å². The van der Waals surface area contributed by atoms with Crippen molar-refractivity contribution in [3.05, 3.63) is 11.1 Å². The molecule has 0 aliphatic carbocycles. The zero-order valence-corrected chi connectivity index (χ0v) is 6.82. The summed E-state index contributed by atoms with van der Waals surface area (Å²) in [5, 5.41) is 3.29. The second-order valence-corrected chi connectivity index (χ2v) is 2.79. The number of nitrogens with one attached hydrogen (secondary N) is 1. The lowest BCUT2D eigenvalue weighted by Crippen LogP contribution is -2.46. The van der Waals surface area contributed by atoms with Crippen LogP contribution in [0, 0.1) is 0 Å². The van der Waals surface area contributed by atoms with Crippen LogP contribution in [0.5, 0.6) is 0 Å². The van der Waals surface area contributed by atoms with Crippen LogP contribution in [0.1, 0.15) is 6.92 Å². The highest BCUT2D eigenvalue weighted by atomic mass is 35.5. The van der Waals surface area contributed by atoms with Crippen LogP contribution in [-0.2, 0) is 4.74 Å². The van der Waals surface area contributed by atoms with Crippen molar-refractivity contribution in [2.45, 2.75) is 13.0 Å². The normalized spacial score (nSPS) is 20.8. The molecule has 1 aliphatic heterocycles. The van der Waals surface area contributed by atoms with E-state index in [1.165, 1.54) is 0 Å². The minimum Gasteiger partial charge on any atom is -0.378 e. The Labute approximate surface area is 66.2 Å². The van der Waals surface area contributed by atoms with Crippen LogP contribution in [0.3, 0.4) is 0 Å². The molecule has 1 aliphatic rings. The number of hydrogen-bond donors (Lipinski definition) is 1. The Balaban J connectivity index is 2.04. The number of hydrogen-bond acceptors (Lipinski definition) is 2. The molecule has 1 fully saturated rings. The molecule has 2 nitrogen and oxygen atoms in total. The summed E-state index contributed by atoms with van der Waals surface area (Å²) in [5.41, 5.74) is 2.76. The lowest BCUT2D eigenvalue weighted by Gasteiger charge is -2.26. The monoisotopic (exact) mass is 161 g/mol. The third-order valence-corrected chi connectivity index (χ3v) is 1.87. The van der Waals surface area contributed by atoms with Gasteiger partial charge >= 0.3 is 0 Å². The minimum absolute atomic E-state index is 0.548. The molecule has 1 rings (SSSR count). The first-order valence-corrected chi connectivity index (χ1v) is 3.83. The van der Waals surface area contributed by atoms with E-state index >= 15 is 0 Å². The van der Waals surface area contributed by atoms with Crippen molar-refractivity contribution in [3.8, 4) is 0 Å². The van der Waals surface area contributed by atoms with Crippen molar-refractivity contribution in [2.75, 3.05) is 19.8 Å². The first-order valence-electron chi connectivity index (χ1n) is 3.40. The zero-order chi connectivity index (χ0) is 7.40. The van der Waals surface area contributed by atoms with Crippen molar-refractivity contribution in [3.63, 3.8) is 0 Å². The predicted molar refractivity (Wildman–Crippen MR) is 42.2 cm³/mol. The minimum atomic E-state index is 0.548. The average molecular weight is 162 g/mol. The maximum absolute atomic E-state index is 5.46. The van der Waals surface area contributed by atoms with Gasteiger partial charge in [-0.15, -0.1) is 0 Å². The molecule has 0 amide bonds. The standard InChI is InChI=1S/C7H12ClNO/c1-6(2-8)3-9-7-4-10-5-7/h2,7,9H,3-5H2,1H3. The molecule has 0 aromatic carbocycles. The third kappa shape index (κ3) is 2.29. The largest absolute Gasteiger partial charge is 0.378 e. The second-order valence-electron chi connectivity index (χ2n) is 2.57. The number of halogens is 1. The van der Waals surface area contributed by atoms with Crippen LogP contribution in [0.15, 0.2) is 11.1 Å². The lowest BCUT2D eigenvalue weighted by molar-refractivity contribution is -0.00372. The average Bonchev–Trinajstić information content (AvgIpc) is 1.84. The van der Waals surface area contributed by atoms with Gasteiger partial charge in [-0.25, -0.2) is 0 Å². The summed E-state index contributed by atoms with van der Waals surface area (Å²) in [7, 11) is 0. The molecule has 1 N–H and O–H groups in total. The molecule has 0 aromatic rings. The first kappa shape index (κ1) is 8.05. The van der Waals surface area contributed by atoms with E-state index in [1.807, 2.05) is 6.92 Å². The van der Waals surface area contributed by atoms with Gasteiger partial charge in [0.15, 0.2) is 0 Å². The Morgan fingerprint density at radius 3 is 2.90 bits per heavy atom. The number of rotatable bonds is 3. The quantitative estimate of drug-likeness (QED) is 0.670. The van der Waals surface area contributed by atoms with Crippen LogP contribution in [0.2, 0.25) is 0 Å². The summed E-state index contributed by atoms with van der Waals surface area (Å²) < 4.78 is 4.99. The molecule has 0 spiro atoms. The smallest absolute Gasteiger partial charge is 0.0643 e. The fourth-order valence-corrected chi connectivity index (χ4v) is 0.775. The SMILES string of the molecule is CC(=CCl)CNC1COC1. The molecule has 10 heavy (non-hydrogen) atoms. The summed E-state index contributed by atoms with van der Waals surface area (Å²) in [6.07, 6.45) is 0. The van der Waals surface area contributed by atoms with Gasteiger partial charge in [-0.05, 0) is 12.5 Å². The van der Waals surface area contributed by atoms with E-state index in [0.29, 0.717) is 6.04 Å². The summed E-state index contributed by atoms with van der Waals surface area (Å²) in [6, 6.07) is 0.548. The molecule has 0 saturated carbocycles. The Morgan fingerprint density at radius 2 is 2.50 bits per heavy atom. The molecule has 3 heteroatoms. The second kappa shape index (κ2) is 3.96. The van der Waals surface area contributed by atoms with Crippen LogP contribution in [0.4, 0.5) is 0 Å². The maximum atomic E-state index is 5.46. The molecular formula is C7H12ClNO. The van der Waals surface area contributed by atoms with Gasteiger partial charge in [0.25, 0.3) is 0 Å². The highest BCUT2D eigenvalue weighted by Crippen LogP contribution is 2.00. The van der Waals surface area contributed by atoms with E-state index < -0.39 is 0 Å². The molecule has 0 atom stereocenters. The van der Waals surface area contributed by atoms with Crippen LogP contribution < -0.4 is 5.32 Å². The topological polar surface area (TPSA) is 21.3 Å². The van der Waals surface area contributed by atoms with Crippen LogP contribution in [-0.4, -0.2) is 25.8 Å². The van der Waals surface area contributed by atoms with Crippen molar-refractivity contribution in [1.29, 1.82) is 0 Å². The van der Waals surface area contributed by atoms with Crippen molar-refractivity contribution in [1.82, 2.24) is 5.32 Å². The van der Waals surface area contributed by atoms with Crippen LogP contribution in [0.25, 0.3) is 0 Å². The molecule has 0 bridgehead atoms. The van der Waals surface area contributed by atoms with Gasteiger partial charge in [0.1, 0.15) is 0 Å². The molecule has 0 radical (unpaired) electrons. The Bertz CT molecular complexity index is 132. The van der Waals surface area contributed by atoms with E-state index in [9.17, 15) is 0 Å². The highest BCUT2D eigenvalue weighted by molar-refractivity contribution is 6.25. The lowest BCUT2D eigenvalue weighted by atomic mass is 10.2. The van der Waals surface area contributed by atoms with Gasteiger partial charge < -0.3 is 10.1 Å². The third-order valence-electron chi connectivity index (χ3n) is 1.49. The molecule has 0 unspecified atom stereocenters. The van der Waals surface area contributed by atoms with Crippen molar-refractivity contribution < 1.29 is 4.74 Å². The maximum Gasteiger partial charge on any atom is 0.0643 e. The number of ether oxygens (including phenoxy) is 1. The van der Waals surface area contributed by atoms with E-state index in [2.05, 4.69) is 5.32 Å². The van der Waals surface area contributed by atoms with Gasteiger partial charge in [0, 0.05) is 12.1 Å². The Morgan fingerprint density at radius 1 is 1.80 bits per heavy atom. The zero-order valence-electron chi connectivity index (χ0n) is 6.06. The van der Waals surface area contributed by atoms with Gasteiger partial charge in [-0.1, -0.05) is 11.6 Å². The molecule has 0 aromatic heterocycles. The van der Waals surface area contributed by atoms with Crippen molar-refractivity contribution in [2.24, 2.45) is 0 Å².